The second-order valence-corrected chi connectivity index (χ2v) is 5.57. The first-order valence-corrected chi connectivity index (χ1v) is 7.10. The maximum Gasteiger partial charge on any atom is 1.00 e. The fourth-order valence-electron chi connectivity index (χ4n) is 3.87. The summed E-state index contributed by atoms with van der Waals surface area (Å²) in [7, 11) is 0. The third kappa shape index (κ3) is 1.55. The molecule has 0 aromatic heterocycles. The van der Waals surface area contributed by atoms with E-state index in [4.69, 9.17) is 0 Å². The first-order chi connectivity index (χ1) is 9.95. The Balaban J connectivity index is 0.00000115. The quantitative estimate of drug-likeness (QED) is 0.292. The van der Waals surface area contributed by atoms with Gasteiger partial charge in [-0.3, -0.25) is 0 Å². The van der Waals surface area contributed by atoms with Gasteiger partial charge >= 0.3 is 18.9 Å². The Kier molecular flexibility index (Phi) is 2.79. The Bertz CT molecular complexity index is 653. The van der Waals surface area contributed by atoms with E-state index in [9.17, 15) is 0 Å². The first-order valence-electron chi connectivity index (χ1n) is 7.10. The molecule has 21 heavy (non-hydrogen) atoms. The molecule has 0 amide bonds. The Hall–Kier alpha value is -1.87. The van der Waals surface area contributed by atoms with Crippen molar-refractivity contribution in [1.29, 1.82) is 0 Å². The maximum atomic E-state index is 2.28. The van der Waals surface area contributed by atoms with E-state index in [1.165, 1.54) is 39.3 Å². The summed E-state index contributed by atoms with van der Waals surface area (Å²) >= 11 is 0. The fraction of sp³-hybridized carbons (Fsp3) is 0.0500. The predicted octanol–water partition coefficient (Wildman–Crippen LogP) is 1.52. The van der Waals surface area contributed by atoms with Crippen LogP contribution in [0.3, 0.4) is 0 Å². The number of benzene rings is 3. The van der Waals surface area contributed by atoms with Crippen molar-refractivity contribution in [1.82, 2.24) is 0 Å². The van der Waals surface area contributed by atoms with Gasteiger partial charge in [0.25, 0.3) is 0 Å². The van der Waals surface area contributed by atoms with Crippen molar-refractivity contribution < 1.29 is 18.9 Å². The van der Waals surface area contributed by atoms with Crippen LogP contribution in [0.25, 0.3) is 0 Å². The van der Waals surface area contributed by atoms with Gasteiger partial charge in [0, 0.05) is 0 Å². The molecule has 2 bridgehead atoms. The molecule has 0 fully saturated rings. The van der Waals surface area contributed by atoms with E-state index in [-0.39, 0.29) is 18.9 Å². The molecule has 3 aromatic rings. The molecule has 0 aliphatic heterocycles. The molecule has 1 heteroatoms. The summed E-state index contributed by atoms with van der Waals surface area (Å²) < 4.78 is 0. The largest absolute Gasteiger partial charge is 1.00 e. The van der Waals surface area contributed by atoms with Crippen molar-refractivity contribution >= 4 is 0 Å². The van der Waals surface area contributed by atoms with Crippen molar-refractivity contribution in [3.05, 3.63) is 112 Å². The van der Waals surface area contributed by atoms with E-state index >= 15 is 0 Å². The summed E-state index contributed by atoms with van der Waals surface area (Å²) in [6.07, 6.45) is 0. The van der Waals surface area contributed by atoms with Gasteiger partial charge < -0.3 is 0 Å². The summed E-state index contributed by atoms with van der Waals surface area (Å²) in [5.74, 6) is 1.81. The minimum atomic E-state index is 0. The van der Waals surface area contributed by atoms with Crippen LogP contribution in [-0.4, -0.2) is 0 Å². The van der Waals surface area contributed by atoms with Crippen LogP contribution < -0.4 is 18.9 Å². The summed E-state index contributed by atoms with van der Waals surface area (Å²) in [4.78, 5) is 0. The zero-order valence-corrected chi connectivity index (χ0v) is 12.0. The van der Waals surface area contributed by atoms with Crippen LogP contribution in [0.1, 0.15) is 39.3 Å². The first kappa shape index (κ1) is 12.8. The summed E-state index contributed by atoms with van der Waals surface area (Å²) in [5, 5.41) is 0. The molecule has 0 saturated heterocycles. The molecule has 3 aliphatic rings. The van der Waals surface area contributed by atoms with Crippen molar-refractivity contribution in [2.75, 3.05) is 0 Å². The normalized spacial score (nSPS) is 14.0. The molecule has 94 valence electrons. The second kappa shape index (κ2) is 4.57. The third-order valence-corrected chi connectivity index (χ3v) is 4.62. The van der Waals surface area contributed by atoms with Crippen LogP contribution in [0, 0.1) is 5.92 Å². The van der Waals surface area contributed by atoms with E-state index in [0.717, 1.165) is 0 Å². The van der Waals surface area contributed by atoms with Crippen molar-refractivity contribution in [2.24, 2.45) is 0 Å². The molecule has 0 spiro atoms. The van der Waals surface area contributed by atoms with E-state index in [0.29, 0.717) is 5.92 Å². The SMILES string of the molecule is [Li+].c1ccc2c(c1)[C-]1c3ccccc3C2c2ccccc21. The molecule has 0 saturated carbocycles. The minimum Gasteiger partial charge on any atom is -0.0996 e. The molecule has 3 aromatic carbocycles. The monoisotopic (exact) mass is 260 g/mol. The Morgan fingerprint density at radius 2 is 0.857 bits per heavy atom. The van der Waals surface area contributed by atoms with Gasteiger partial charge in [-0.25, -0.2) is 0 Å². The second-order valence-electron chi connectivity index (χ2n) is 5.57. The van der Waals surface area contributed by atoms with Crippen LogP contribution in [0.15, 0.2) is 72.8 Å². The van der Waals surface area contributed by atoms with Gasteiger partial charge in [-0.05, 0) is 5.92 Å². The van der Waals surface area contributed by atoms with Crippen molar-refractivity contribution in [3.63, 3.8) is 0 Å². The van der Waals surface area contributed by atoms with Gasteiger partial charge in [0.1, 0.15) is 0 Å². The van der Waals surface area contributed by atoms with Crippen LogP contribution in [0.4, 0.5) is 0 Å². The van der Waals surface area contributed by atoms with E-state index in [1.54, 1.807) is 0 Å². The van der Waals surface area contributed by atoms with Gasteiger partial charge in [0.05, 0.1) is 0 Å². The average molecular weight is 260 g/mol. The zero-order chi connectivity index (χ0) is 13.1. The van der Waals surface area contributed by atoms with Crippen molar-refractivity contribution in [2.45, 2.75) is 5.92 Å². The standard InChI is InChI=1S/C20H13.Li/c1-2-8-14-13(7-1)19-15-9-3-5-11-17(15)20(14)18-12-6-4-10-16(18)19;/h1-12,19H;/q-1;+1. The molecule has 0 atom stereocenters. The topological polar surface area (TPSA) is 0 Å². The van der Waals surface area contributed by atoms with Gasteiger partial charge in [0.15, 0.2) is 0 Å². The molecule has 0 radical (unpaired) electrons. The van der Waals surface area contributed by atoms with E-state index in [2.05, 4.69) is 72.8 Å². The molecular weight excluding hydrogens is 247 g/mol. The van der Waals surface area contributed by atoms with Crippen LogP contribution >= 0.6 is 0 Å². The van der Waals surface area contributed by atoms with E-state index < -0.39 is 0 Å². The molecule has 6 rings (SSSR count). The summed E-state index contributed by atoms with van der Waals surface area (Å²) in [6, 6.07) is 26.6. The minimum absolute atomic E-state index is 0. The van der Waals surface area contributed by atoms with Crippen LogP contribution in [-0.2, 0) is 0 Å². The molecule has 3 aliphatic carbocycles. The van der Waals surface area contributed by atoms with Gasteiger partial charge in [0.2, 0.25) is 0 Å². The van der Waals surface area contributed by atoms with Gasteiger partial charge in [-0.2, -0.15) is 0 Å². The van der Waals surface area contributed by atoms with Gasteiger partial charge in [-0.15, -0.1) is 0 Å². The zero-order valence-electron chi connectivity index (χ0n) is 12.0. The summed E-state index contributed by atoms with van der Waals surface area (Å²) in [6.45, 7) is 0. The number of hydrogen-bond acceptors (Lipinski definition) is 0. The molecule has 0 unspecified atom stereocenters. The third-order valence-electron chi connectivity index (χ3n) is 4.62. The molecule has 0 N–H and O–H groups in total. The Morgan fingerprint density at radius 3 is 1.24 bits per heavy atom. The van der Waals surface area contributed by atoms with Crippen molar-refractivity contribution in [3.8, 4) is 0 Å². The van der Waals surface area contributed by atoms with Crippen LogP contribution in [0.5, 0.6) is 0 Å². The fourth-order valence-corrected chi connectivity index (χ4v) is 3.87. The van der Waals surface area contributed by atoms with Gasteiger partial charge in [-0.1, -0.05) is 112 Å². The Morgan fingerprint density at radius 1 is 0.524 bits per heavy atom. The molecule has 0 heterocycles. The predicted molar refractivity (Wildman–Crippen MR) is 80.8 cm³/mol. The smallest absolute Gasteiger partial charge is 0.0996 e. The molecular formula is C20H13Li. The summed E-state index contributed by atoms with van der Waals surface area (Å²) in [5.41, 5.74) is 8.61. The van der Waals surface area contributed by atoms with Crippen LogP contribution in [0.2, 0.25) is 0 Å². The maximum absolute atomic E-state index is 2.28. The molecule has 0 nitrogen and oxygen atoms in total. The Labute approximate surface area is 137 Å². The van der Waals surface area contributed by atoms with E-state index in [1.807, 2.05) is 0 Å². The number of hydrogen-bond donors (Lipinski definition) is 0. The number of rotatable bonds is 0. The average Bonchev–Trinajstić information content (AvgIpc) is 2.54.